The fraction of sp³-hybridized carbons (Fsp3) is 0.318. The van der Waals surface area contributed by atoms with Gasteiger partial charge in [0, 0.05) is 19.0 Å². The van der Waals surface area contributed by atoms with Gasteiger partial charge in [-0.1, -0.05) is 42.5 Å². The van der Waals surface area contributed by atoms with Gasteiger partial charge in [0.2, 0.25) is 5.91 Å². The van der Waals surface area contributed by atoms with Gasteiger partial charge in [-0.25, -0.2) is 4.98 Å². The van der Waals surface area contributed by atoms with Gasteiger partial charge >= 0.3 is 0 Å². The molecule has 0 aliphatic carbocycles. The predicted octanol–water partition coefficient (Wildman–Crippen LogP) is 4.52. The second-order valence-electron chi connectivity index (χ2n) is 7.08. The molecule has 2 heterocycles. The third kappa shape index (κ3) is 3.65. The Morgan fingerprint density at radius 1 is 1.04 bits per heavy atom. The quantitative estimate of drug-likeness (QED) is 0.627. The van der Waals surface area contributed by atoms with Crippen LogP contribution in [0.4, 0.5) is 0 Å². The van der Waals surface area contributed by atoms with Gasteiger partial charge in [0.1, 0.15) is 0 Å². The van der Waals surface area contributed by atoms with Crippen LogP contribution in [0.5, 0.6) is 0 Å². The van der Waals surface area contributed by atoms with Crippen LogP contribution in [0.15, 0.2) is 54.6 Å². The van der Waals surface area contributed by atoms with E-state index in [4.69, 9.17) is 0 Å². The first kappa shape index (κ1) is 17.9. The van der Waals surface area contributed by atoms with Gasteiger partial charge in [0.15, 0.2) is 10.8 Å². The number of Topliss-reactive ketones (excluding diaryl/α,β-unsaturated/α-hetero) is 1. The van der Waals surface area contributed by atoms with Crippen molar-refractivity contribution in [2.75, 3.05) is 13.1 Å². The third-order valence-corrected chi connectivity index (χ3v) is 6.40. The van der Waals surface area contributed by atoms with Gasteiger partial charge in [0.25, 0.3) is 0 Å². The van der Waals surface area contributed by atoms with Crippen LogP contribution in [-0.4, -0.2) is 34.7 Å². The molecular weight excluding hydrogens is 356 g/mol. The summed E-state index contributed by atoms with van der Waals surface area (Å²) < 4.78 is 1.05. The molecule has 0 spiro atoms. The smallest absolute Gasteiger partial charge is 0.229 e. The number of amides is 1. The Bertz CT molecular complexity index is 926. The number of rotatable bonds is 4. The molecule has 5 heteroatoms. The summed E-state index contributed by atoms with van der Waals surface area (Å²) in [6.07, 6.45) is 1.42. The van der Waals surface area contributed by atoms with Crippen molar-refractivity contribution < 1.29 is 9.59 Å². The summed E-state index contributed by atoms with van der Waals surface area (Å²) in [7, 11) is 0. The highest BCUT2D eigenvalue weighted by atomic mass is 32.1. The molecule has 2 aromatic carbocycles. The maximum absolute atomic E-state index is 12.8. The lowest BCUT2D eigenvalue weighted by atomic mass is 9.91. The van der Waals surface area contributed by atoms with Crippen molar-refractivity contribution in [2.45, 2.75) is 25.7 Å². The van der Waals surface area contributed by atoms with Crippen molar-refractivity contribution in [1.82, 2.24) is 9.88 Å². The van der Waals surface area contributed by atoms with E-state index in [1.165, 1.54) is 11.3 Å². The largest absolute Gasteiger partial charge is 0.342 e. The summed E-state index contributed by atoms with van der Waals surface area (Å²) in [5.74, 6) is 0.0795. The van der Waals surface area contributed by atoms with E-state index in [1.807, 2.05) is 66.4 Å². The van der Waals surface area contributed by atoms with Gasteiger partial charge in [0.05, 0.1) is 16.1 Å². The Morgan fingerprint density at radius 3 is 2.41 bits per heavy atom. The van der Waals surface area contributed by atoms with Crippen molar-refractivity contribution in [1.29, 1.82) is 0 Å². The lowest BCUT2D eigenvalue weighted by Gasteiger charge is -2.32. The fourth-order valence-electron chi connectivity index (χ4n) is 3.67. The van der Waals surface area contributed by atoms with Crippen molar-refractivity contribution >= 4 is 33.2 Å². The minimum atomic E-state index is -0.150. The maximum atomic E-state index is 12.8. The van der Waals surface area contributed by atoms with Gasteiger partial charge in [-0.3, -0.25) is 9.59 Å². The zero-order valence-electron chi connectivity index (χ0n) is 15.3. The van der Waals surface area contributed by atoms with E-state index < -0.39 is 0 Å². The number of para-hydroxylation sites is 1. The molecular formula is C22H22N2O2S. The lowest BCUT2D eigenvalue weighted by Crippen LogP contribution is -2.42. The Morgan fingerprint density at radius 2 is 1.70 bits per heavy atom. The van der Waals surface area contributed by atoms with E-state index >= 15 is 0 Å². The van der Waals surface area contributed by atoms with E-state index in [2.05, 4.69) is 4.98 Å². The molecule has 1 fully saturated rings. The molecule has 4 rings (SSSR count). The Balaban J connectivity index is 1.39. The monoisotopic (exact) mass is 378 g/mol. The molecule has 3 aromatic rings. The van der Waals surface area contributed by atoms with Crippen LogP contribution >= 0.6 is 11.3 Å². The Kier molecular flexibility index (Phi) is 5.03. The Labute approximate surface area is 162 Å². The molecule has 1 aromatic heterocycles. The zero-order chi connectivity index (χ0) is 18.8. The van der Waals surface area contributed by atoms with Crippen LogP contribution in [0, 0.1) is 5.92 Å². The average Bonchev–Trinajstić information content (AvgIpc) is 3.17. The zero-order valence-corrected chi connectivity index (χ0v) is 16.1. The van der Waals surface area contributed by atoms with Crippen LogP contribution in [0.2, 0.25) is 0 Å². The predicted molar refractivity (Wildman–Crippen MR) is 108 cm³/mol. The van der Waals surface area contributed by atoms with Crippen LogP contribution < -0.4 is 0 Å². The average molecular weight is 378 g/mol. The molecule has 27 heavy (non-hydrogen) atoms. The van der Waals surface area contributed by atoms with Gasteiger partial charge in [-0.05, 0) is 37.5 Å². The molecule has 1 atom stereocenters. The number of hydrogen-bond donors (Lipinski definition) is 0. The van der Waals surface area contributed by atoms with Crippen LogP contribution in [-0.2, 0) is 4.79 Å². The fourth-order valence-corrected chi connectivity index (χ4v) is 4.66. The van der Waals surface area contributed by atoms with Crippen molar-refractivity contribution in [2.24, 2.45) is 5.92 Å². The van der Waals surface area contributed by atoms with E-state index in [9.17, 15) is 9.59 Å². The standard InChI is InChI=1S/C22H22N2O2S/c1-15(16-7-3-2-4-8-16)22(26)24-13-11-17(12-14-24)20(25)21-23-18-9-5-6-10-19(18)27-21/h2-10,15,17H,11-14H2,1H3. The second kappa shape index (κ2) is 7.61. The molecule has 1 aliphatic rings. The summed E-state index contributed by atoms with van der Waals surface area (Å²) in [6, 6.07) is 17.7. The number of fused-ring (bicyclic) bond motifs is 1. The molecule has 0 saturated carbocycles. The minimum absolute atomic E-state index is 0.0401. The molecule has 0 N–H and O–H groups in total. The first-order chi connectivity index (χ1) is 13.1. The third-order valence-electron chi connectivity index (χ3n) is 5.35. The van der Waals surface area contributed by atoms with Gasteiger partial charge < -0.3 is 4.90 Å². The molecule has 138 valence electrons. The SMILES string of the molecule is CC(C(=O)N1CCC(C(=O)c2nc3ccccc3s2)CC1)c1ccccc1. The van der Waals surface area contributed by atoms with Crippen LogP contribution in [0.1, 0.15) is 41.0 Å². The number of hydrogen-bond acceptors (Lipinski definition) is 4. The molecule has 0 bridgehead atoms. The molecule has 1 unspecified atom stereocenters. The van der Waals surface area contributed by atoms with E-state index in [1.54, 1.807) is 0 Å². The number of thiazole rings is 1. The number of likely N-dealkylation sites (tertiary alicyclic amines) is 1. The molecule has 0 radical (unpaired) electrons. The van der Waals surface area contributed by atoms with Gasteiger partial charge in [-0.2, -0.15) is 0 Å². The molecule has 1 saturated heterocycles. The van der Waals surface area contributed by atoms with Crippen LogP contribution in [0.25, 0.3) is 10.2 Å². The second-order valence-corrected chi connectivity index (χ2v) is 8.11. The number of aromatic nitrogens is 1. The molecule has 4 nitrogen and oxygen atoms in total. The highest BCUT2D eigenvalue weighted by molar-refractivity contribution is 7.20. The maximum Gasteiger partial charge on any atom is 0.229 e. The molecule has 1 aliphatic heterocycles. The van der Waals surface area contributed by atoms with Crippen LogP contribution in [0.3, 0.4) is 0 Å². The summed E-state index contributed by atoms with van der Waals surface area (Å²) in [4.78, 5) is 32.0. The highest BCUT2D eigenvalue weighted by Gasteiger charge is 2.31. The van der Waals surface area contributed by atoms with E-state index in [-0.39, 0.29) is 23.5 Å². The number of ketones is 1. The van der Waals surface area contributed by atoms with Crippen molar-refractivity contribution in [3.05, 3.63) is 65.2 Å². The summed E-state index contributed by atoms with van der Waals surface area (Å²) in [5, 5.41) is 0.596. The number of nitrogens with zero attached hydrogens (tertiary/aromatic N) is 2. The minimum Gasteiger partial charge on any atom is -0.342 e. The number of piperidine rings is 1. The normalized spacial score (nSPS) is 16.4. The topological polar surface area (TPSA) is 50.3 Å². The number of benzene rings is 2. The van der Waals surface area contributed by atoms with E-state index in [0.717, 1.165) is 15.8 Å². The highest BCUT2D eigenvalue weighted by Crippen LogP contribution is 2.28. The summed E-state index contributed by atoms with van der Waals surface area (Å²) in [6.45, 7) is 3.23. The van der Waals surface area contributed by atoms with E-state index in [0.29, 0.717) is 30.9 Å². The Hall–Kier alpha value is -2.53. The summed E-state index contributed by atoms with van der Waals surface area (Å²) >= 11 is 1.47. The first-order valence-corrected chi connectivity index (χ1v) is 10.2. The molecule has 1 amide bonds. The lowest BCUT2D eigenvalue weighted by molar-refractivity contribution is -0.133. The first-order valence-electron chi connectivity index (χ1n) is 9.37. The van der Waals surface area contributed by atoms with Crippen molar-refractivity contribution in [3.63, 3.8) is 0 Å². The van der Waals surface area contributed by atoms with Crippen molar-refractivity contribution in [3.8, 4) is 0 Å². The van der Waals surface area contributed by atoms with Gasteiger partial charge in [-0.15, -0.1) is 11.3 Å². The number of carbonyl (C=O) groups excluding carboxylic acids is 2. The number of carbonyl (C=O) groups is 2. The summed E-state index contributed by atoms with van der Waals surface area (Å²) in [5.41, 5.74) is 1.92.